The molecule has 0 fully saturated rings. The van der Waals surface area contributed by atoms with Crippen LogP contribution in [-0.2, 0) is 0 Å². The molecule has 28 heavy (non-hydrogen) atoms. The number of benzene rings is 1. The van der Waals surface area contributed by atoms with Crippen LogP contribution in [0.2, 0.25) is 0 Å². The van der Waals surface area contributed by atoms with Crippen molar-refractivity contribution < 1.29 is 9.84 Å². The Kier molecular flexibility index (Phi) is 6.47. The third-order valence-electron chi connectivity index (χ3n) is 4.59. The number of aromatic nitrogens is 2. The van der Waals surface area contributed by atoms with Gasteiger partial charge in [-0.3, -0.25) is 9.36 Å². The lowest BCUT2D eigenvalue weighted by Gasteiger charge is -2.17. The van der Waals surface area contributed by atoms with E-state index in [1.54, 1.807) is 15.9 Å². The fraction of sp³-hybridized carbons (Fsp3) is 0.429. The van der Waals surface area contributed by atoms with Crippen LogP contribution in [0.15, 0.2) is 34.2 Å². The molecule has 0 saturated heterocycles. The van der Waals surface area contributed by atoms with E-state index in [-0.39, 0.29) is 18.2 Å². The summed E-state index contributed by atoms with van der Waals surface area (Å²) in [7, 11) is 0. The van der Waals surface area contributed by atoms with E-state index < -0.39 is 6.10 Å². The second-order valence-corrected chi connectivity index (χ2v) is 9.41. The van der Waals surface area contributed by atoms with Crippen molar-refractivity contribution in [2.24, 2.45) is 0 Å². The van der Waals surface area contributed by atoms with Crippen LogP contribution >= 0.6 is 23.1 Å². The highest BCUT2D eigenvalue weighted by molar-refractivity contribution is 7.99. The number of rotatable bonds is 7. The third-order valence-corrected chi connectivity index (χ3v) is 6.79. The Balaban J connectivity index is 1.75. The summed E-state index contributed by atoms with van der Waals surface area (Å²) in [6.07, 6.45) is -0.661. The lowest BCUT2D eigenvalue weighted by atomic mass is 10.2. The minimum Gasteiger partial charge on any atom is -0.491 e. The first kappa shape index (κ1) is 20.9. The Hall–Kier alpha value is -1.83. The van der Waals surface area contributed by atoms with E-state index in [4.69, 9.17) is 9.72 Å². The average Bonchev–Trinajstić information content (AvgIpc) is 2.93. The summed E-state index contributed by atoms with van der Waals surface area (Å²) in [5, 5.41) is 11.7. The molecule has 0 bridgehead atoms. The van der Waals surface area contributed by atoms with Crippen LogP contribution in [-0.4, -0.2) is 33.1 Å². The van der Waals surface area contributed by atoms with Crippen molar-refractivity contribution in [3.05, 3.63) is 50.6 Å². The highest BCUT2D eigenvalue weighted by Gasteiger charge is 2.19. The number of aliphatic hydroxyl groups excluding tert-OH is 1. The highest BCUT2D eigenvalue weighted by Crippen LogP contribution is 2.29. The third kappa shape index (κ3) is 4.42. The largest absolute Gasteiger partial charge is 0.491 e. The zero-order valence-corrected chi connectivity index (χ0v) is 18.5. The van der Waals surface area contributed by atoms with E-state index in [1.165, 1.54) is 11.8 Å². The van der Waals surface area contributed by atoms with Crippen LogP contribution in [0.3, 0.4) is 0 Å². The van der Waals surface area contributed by atoms with E-state index >= 15 is 0 Å². The second kappa shape index (κ2) is 8.68. The van der Waals surface area contributed by atoms with Crippen LogP contribution in [0.5, 0.6) is 5.75 Å². The van der Waals surface area contributed by atoms with Crippen molar-refractivity contribution in [2.45, 2.75) is 51.9 Å². The van der Waals surface area contributed by atoms with E-state index in [2.05, 4.69) is 0 Å². The van der Waals surface area contributed by atoms with Gasteiger partial charge in [-0.15, -0.1) is 11.3 Å². The van der Waals surface area contributed by atoms with Gasteiger partial charge in [-0.1, -0.05) is 29.5 Å². The maximum atomic E-state index is 13.0. The summed E-state index contributed by atoms with van der Waals surface area (Å²) in [5.41, 5.74) is 2.17. The second-order valence-electron chi connectivity index (χ2n) is 7.22. The number of hydrogen-bond acceptors (Lipinski definition) is 6. The Morgan fingerprint density at radius 1 is 1.21 bits per heavy atom. The predicted molar refractivity (Wildman–Crippen MR) is 117 cm³/mol. The van der Waals surface area contributed by atoms with Crippen molar-refractivity contribution in [3.63, 3.8) is 0 Å². The molecule has 0 radical (unpaired) electrons. The van der Waals surface area contributed by atoms with Gasteiger partial charge in [0.15, 0.2) is 5.16 Å². The molecule has 0 aliphatic heterocycles. The van der Waals surface area contributed by atoms with Gasteiger partial charge >= 0.3 is 0 Å². The van der Waals surface area contributed by atoms with Gasteiger partial charge in [0.1, 0.15) is 17.2 Å². The molecule has 2 heterocycles. The first-order valence-electron chi connectivity index (χ1n) is 9.30. The van der Waals surface area contributed by atoms with Gasteiger partial charge in [-0.05, 0) is 52.3 Å². The summed E-state index contributed by atoms with van der Waals surface area (Å²) >= 11 is 2.94. The molecular weight excluding hydrogens is 392 g/mol. The fourth-order valence-electron chi connectivity index (χ4n) is 2.89. The van der Waals surface area contributed by atoms with E-state index in [9.17, 15) is 9.90 Å². The van der Waals surface area contributed by atoms with Crippen LogP contribution in [0.1, 0.15) is 35.9 Å². The average molecular weight is 419 g/mol. The molecule has 0 unspecified atom stereocenters. The Bertz CT molecular complexity index is 1020. The number of aryl methyl sites for hydroxylation is 3. The van der Waals surface area contributed by atoms with E-state index in [0.717, 1.165) is 26.6 Å². The minimum atomic E-state index is -0.661. The lowest BCUT2D eigenvalue weighted by molar-refractivity contribution is 0.126. The lowest BCUT2D eigenvalue weighted by Crippen LogP contribution is -2.26. The molecule has 5 nitrogen and oxygen atoms in total. The maximum absolute atomic E-state index is 13.0. The molecule has 0 aliphatic carbocycles. The molecule has 7 heteroatoms. The molecule has 3 rings (SSSR count). The van der Waals surface area contributed by atoms with Crippen molar-refractivity contribution in [2.75, 3.05) is 12.4 Å². The molecule has 150 valence electrons. The highest BCUT2D eigenvalue weighted by atomic mass is 32.2. The van der Waals surface area contributed by atoms with Crippen LogP contribution in [0, 0.1) is 20.8 Å². The topological polar surface area (TPSA) is 64.3 Å². The van der Waals surface area contributed by atoms with Crippen molar-refractivity contribution in [1.29, 1.82) is 0 Å². The monoisotopic (exact) mass is 418 g/mol. The van der Waals surface area contributed by atoms with Gasteiger partial charge in [-0.2, -0.15) is 0 Å². The number of hydrogen-bond donors (Lipinski definition) is 1. The number of fused-ring (bicyclic) bond motifs is 1. The van der Waals surface area contributed by atoms with Gasteiger partial charge in [0.25, 0.3) is 5.56 Å². The quantitative estimate of drug-likeness (QED) is 0.452. The zero-order chi connectivity index (χ0) is 20.4. The number of aliphatic hydroxyl groups is 1. The normalized spacial score (nSPS) is 12.7. The molecule has 1 N–H and O–H groups in total. The van der Waals surface area contributed by atoms with E-state index in [0.29, 0.717) is 16.3 Å². The van der Waals surface area contributed by atoms with E-state index in [1.807, 2.05) is 58.9 Å². The molecule has 1 aromatic carbocycles. The summed E-state index contributed by atoms with van der Waals surface area (Å²) in [5.74, 6) is 1.14. The number of thiophene rings is 1. The number of ether oxygens (including phenoxy) is 1. The summed E-state index contributed by atoms with van der Waals surface area (Å²) < 4.78 is 7.37. The van der Waals surface area contributed by atoms with Crippen molar-refractivity contribution >= 4 is 33.3 Å². The first-order chi connectivity index (χ1) is 13.3. The van der Waals surface area contributed by atoms with Crippen LogP contribution in [0.4, 0.5) is 0 Å². The Morgan fingerprint density at radius 2 is 1.89 bits per heavy atom. The van der Waals surface area contributed by atoms with Gasteiger partial charge in [0.05, 0.1) is 11.5 Å². The minimum absolute atomic E-state index is 0.00487. The first-order valence-corrected chi connectivity index (χ1v) is 11.1. The van der Waals surface area contributed by atoms with Gasteiger partial charge in [0, 0.05) is 16.7 Å². The van der Waals surface area contributed by atoms with Gasteiger partial charge in [-0.25, -0.2) is 4.98 Å². The van der Waals surface area contributed by atoms with Gasteiger partial charge in [0.2, 0.25) is 0 Å². The maximum Gasteiger partial charge on any atom is 0.263 e. The molecule has 2 aromatic heterocycles. The summed E-state index contributed by atoms with van der Waals surface area (Å²) in [6.45, 7) is 10.2. The molecule has 1 atom stereocenters. The van der Waals surface area contributed by atoms with Crippen molar-refractivity contribution in [3.8, 4) is 5.75 Å². The number of thioether (sulfide) groups is 1. The molecule has 0 aliphatic rings. The smallest absolute Gasteiger partial charge is 0.263 e. The molecule has 3 aromatic rings. The molecule has 0 saturated carbocycles. The number of nitrogens with zero attached hydrogens (tertiary/aromatic N) is 2. The zero-order valence-electron chi connectivity index (χ0n) is 16.9. The van der Waals surface area contributed by atoms with Gasteiger partial charge < -0.3 is 9.84 Å². The molecule has 0 amide bonds. The standard InChI is InChI=1S/C21H26N2O3S2/c1-12(2)23-20(25)18-14(4)15(5)28-19(18)22-21(23)27-11-16(24)10-26-17-8-6-13(3)7-9-17/h6-9,12,16,24H,10-11H2,1-5H3/t16-/m0/s1. The van der Waals surface area contributed by atoms with Crippen LogP contribution in [0.25, 0.3) is 10.2 Å². The summed E-state index contributed by atoms with van der Waals surface area (Å²) in [6, 6.07) is 7.72. The Morgan fingerprint density at radius 3 is 2.54 bits per heavy atom. The predicted octanol–water partition coefficient (Wildman–Crippen LogP) is 4.50. The van der Waals surface area contributed by atoms with Crippen molar-refractivity contribution in [1.82, 2.24) is 9.55 Å². The SMILES string of the molecule is Cc1ccc(OC[C@H](O)CSc2nc3sc(C)c(C)c3c(=O)n2C(C)C)cc1. The summed E-state index contributed by atoms with van der Waals surface area (Å²) in [4.78, 5) is 19.7. The fourth-order valence-corrected chi connectivity index (χ4v) is 4.99. The molecule has 0 spiro atoms. The molecular formula is C21H26N2O3S2. The Labute approximate surface area is 173 Å². The van der Waals surface area contributed by atoms with Crippen LogP contribution < -0.4 is 10.3 Å².